The van der Waals surface area contributed by atoms with Gasteiger partial charge in [0, 0.05) is 68.2 Å². The second-order valence-electron chi connectivity index (χ2n) is 10.5. The molecule has 6 rings (SSSR count). The van der Waals surface area contributed by atoms with E-state index in [0.29, 0.717) is 43.0 Å². The molecule has 3 aromatic rings. The molecule has 0 bridgehead atoms. The van der Waals surface area contributed by atoms with Gasteiger partial charge in [-0.2, -0.15) is 15.5 Å². The van der Waals surface area contributed by atoms with Crippen LogP contribution in [0.3, 0.4) is 0 Å². The molecule has 3 aromatic heterocycles. The van der Waals surface area contributed by atoms with Crippen molar-refractivity contribution in [2.24, 2.45) is 5.41 Å². The Labute approximate surface area is 220 Å². The third kappa shape index (κ3) is 3.97. The van der Waals surface area contributed by atoms with E-state index in [1.54, 1.807) is 16.5 Å². The predicted molar refractivity (Wildman–Crippen MR) is 138 cm³/mol. The largest absolute Gasteiger partial charge is 0.494 e. The maximum atomic E-state index is 13.2. The fraction of sp³-hybridized carbons (Fsp3) is 0.444. The summed E-state index contributed by atoms with van der Waals surface area (Å²) in [6.45, 7) is 7.83. The van der Waals surface area contributed by atoms with Crippen LogP contribution in [0.15, 0.2) is 43.5 Å². The van der Waals surface area contributed by atoms with Crippen molar-refractivity contribution in [2.75, 3.05) is 46.4 Å². The van der Waals surface area contributed by atoms with E-state index >= 15 is 0 Å². The Morgan fingerprint density at radius 3 is 2.55 bits per heavy atom. The molecular formula is C27H30N8O3. The fourth-order valence-corrected chi connectivity index (χ4v) is 6.09. The van der Waals surface area contributed by atoms with Crippen LogP contribution >= 0.6 is 0 Å². The van der Waals surface area contributed by atoms with E-state index in [2.05, 4.69) is 22.8 Å². The molecule has 0 saturated carbocycles. The Balaban J connectivity index is 1.08. The van der Waals surface area contributed by atoms with Crippen LogP contribution in [0.5, 0.6) is 5.75 Å². The van der Waals surface area contributed by atoms with E-state index in [0.717, 1.165) is 43.5 Å². The standard InChI is InChI=1S/C27H30N8O3/c1-3-24(36)33-17-27(18-33)6-9-32(16-27)26(37)31-7-4-22(5-8-31)34-15-21(13-29-34)19-10-23(38-2)25-20(11-28)12-30-35(25)14-19/h3,10,12-15,22H,1,4-9,16-18H2,2H3. The van der Waals surface area contributed by atoms with Crippen LogP contribution in [-0.2, 0) is 4.79 Å². The minimum absolute atomic E-state index is 0.0292. The summed E-state index contributed by atoms with van der Waals surface area (Å²) in [6, 6.07) is 4.37. The quantitative estimate of drug-likeness (QED) is 0.495. The number of carbonyl (C=O) groups is 2. The molecule has 6 heterocycles. The number of urea groups is 1. The summed E-state index contributed by atoms with van der Waals surface area (Å²) in [6.07, 6.45) is 11.2. The van der Waals surface area contributed by atoms with Gasteiger partial charge in [-0.05, 0) is 31.4 Å². The van der Waals surface area contributed by atoms with Crippen LogP contribution in [0.4, 0.5) is 4.79 Å². The number of piperidine rings is 1. The number of carbonyl (C=O) groups excluding carboxylic acids is 2. The van der Waals surface area contributed by atoms with Gasteiger partial charge in [0.2, 0.25) is 5.91 Å². The third-order valence-electron chi connectivity index (χ3n) is 8.21. The molecule has 0 atom stereocenters. The second kappa shape index (κ2) is 9.20. The van der Waals surface area contributed by atoms with Crippen LogP contribution < -0.4 is 4.74 Å². The third-order valence-corrected chi connectivity index (χ3v) is 8.21. The topological polar surface area (TPSA) is 112 Å². The molecule has 0 aromatic carbocycles. The molecule has 0 radical (unpaired) electrons. The highest BCUT2D eigenvalue weighted by molar-refractivity contribution is 5.88. The molecule has 0 N–H and O–H groups in total. The molecule has 3 amide bonds. The predicted octanol–water partition coefficient (Wildman–Crippen LogP) is 2.56. The zero-order valence-electron chi connectivity index (χ0n) is 21.4. The van der Waals surface area contributed by atoms with Crippen molar-refractivity contribution in [1.29, 1.82) is 5.26 Å². The highest BCUT2D eigenvalue weighted by atomic mass is 16.5. The number of nitriles is 1. The van der Waals surface area contributed by atoms with Gasteiger partial charge in [-0.3, -0.25) is 9.48 Å². The number of methoxy groups -OCH3 is 1. The number of pyridine rings is 1. The van der Waals surface area contributed by atoms with Gasteiger partial charge >= 0.3 is 6.03 Å². The molecule has 0 aliphatic carbocycles. The second-order valence-corrected chi connectivity index (χ2v) is 10.5. The summed E-state index contributed by atoms with van der Waals surface area (Å²) in [5.74, 6) is 0.556. The first kappa shape index (κ1) is 24.0. The van der Waals surface area contributed by atoms with Crippen molar-refractivity contribution in [3.63, 3.8) is 0 Å². The van der Waals surface area contributed by atoms with E-state index in [-0.39, 0.29) is 23.4 Å². The lowest BCUT2D eigenvalue weighted by molar-refractivity contribution is -0.137. The summed E-state index contributed by atoms with van der Waals surface area (Å²) in [7, 11) is 1.58. The number of hydrogen-bond acceptors (Lipinski definition) is 6. The first-order valence-corrected chi connectivity index (χ1v) is 12.9. The van der Waals surface area contributed by atoms with Crippen LogP contribution in [-0.4, -0.2) is 92.4 Å². The van der Waals surface area contributed by atoms with Crippen molar-refractivity contribution in [1.82, 2.24) is 34.1 Å². The number of amides is 3. The molecule has 196 valence electrons. The first-order valence-electron chi connectivity index (χ1n) is 12.9. The molecule has 11 nitrogen and oxygen atoms in total. The molecule has 1 spiro atoms. The van der Waals surface area contributed by atoms with Crippen molar-refractivity contribution in [3.8, 4) is 22.9 Å². The number of hydrogen-bond donors (Lipinski definition) is 0. The van der Waals surface area contributed by atoms with E-state index in [9.17, 15) is 14.9 Å². The van der Waals surface area contributed by atoms with Gasteiger partial charge in [-0.15, -0.1) is 0 Å². The molecular weight excluding hydrogens is 484 g/mol. The first-order chi connectivity index (χ1) is 18.4. The van der Waals surface area contributed by atoms with E-state index in [4.69, 9.17) is 4.74 Å². The van der Waals surface area contributed by atoms with E-state index < -0.39 is 0 Å². The lowest BCUT2D eigenvalue weighted by Gasteiger charge is -2.47. The van der Waals surface area contributed by atoms with Gasteiger partial charge in [0.05, 0.1) is 25.5 Å². The zero-order valence-corrected chi connectivity index (χ0v) is 21.4. The van der Waals surface area contributed by atoms with Crippen LogP contribution in [0, 0.1) is 16.7 Å². The van der Waals surface area contributed by atoms with Gasteiger partial charge < -0.3 is 19.4 Å². The lowest BCUT2D eigenvalue weighted by Crippen LogP contribution is -2.59. The lowest BCUT2D eigenvalue weighted by atomic mass is 9.79. The Morgan fingerprint density at radius 1 is 1.08 bits per heavy atom. The van der Waals surface area contributed by atoms with Crippen LogP contribution in [0.1, 0.15) is 30.9 Å². The summed E-state index contributed by atoms with van der Waals surface area (Å²) < 4.78 is 9.18. The monoisotopic (exact) mass is 514 g/mol. The highest BCUT2D eigenvalue weighted by Crippen LogP contribution is 2.40. The number of likely N-dealkylation sites (tertiary alicyclic amines) is 3. The maximum Gasteiger partial charge on any atom is 0.320 e. The Morgan fingerprint density at radius 2 is 1.84 bits per heavy atom. The van der Waals surface area contributed by atoms with Gasteiger partial charge in [-0.25, -0.2) is 9.31 Å². The molecule has 3 saturated heterocycles. The summed E-state index contributed by atoms with van der Waals surface area (Å²) in [5.41, 5.74) is 2.99. The van der Waals surface area contributed by atoms with Crippen LogP contribution in [0.2, 0.25) is 0 Å². The average Bonchev–Trinajstić information content (AvgIpc) is 3.69. The molecule has 3 aliphatic rings. The molecule has 38 heavy (non-hydrogen) atoms. The zero-order chi connectivity index (χ0) is 26.4. The SMILES string of the molecule is C=CC(=O)N1CC2(CCN(C(=O)N3CCC(n4cc(-c5cc(OC)c6c(C#N)cnn6c5)cn4)CC3)C2)C1. The van der Waals surface area contributed by atoms with Crippen molar-refractivity contribution >= 4 is 17.5 Å². The normalized spacial score (nSPS) is 19.0. The van der Waals surface area contributed by atoms with Gasteiger partial charge in [0.1, 0.15) is 22.9 Å². The van der Waals surface area contributed by atoms with Gasteiger partial charge in [0.25, 0.3) is 0 Å². The van der Waals surface area contributed by atoms with Crippen molar-refractivity contribution < 1.29 is 14.3 Å². The van der Waals surface area contributed by atoms with Gasteiger partial charge in [-0.1, -0.05) is 6.58 Å². The maximum absolute atomic E-state index is 13.2. The number of fused-ring (bicyclic) bond motifs is 1. The van der Waals surface area contributed by atoms with Gasteiger partial charge in [0.15, 0.2) is 0 Å². The van der Waals surface area contributed by atoms with Crippen LogP contribution in [0.25, 0.3) is 16.6 Å². The molecule has 0 unspecified atom stereocenters. The van der Waals surface area contributed by atoms with Crippen molar-refractivity contribution in [2.45, 2.75) is 25.3 Å². The fourth-order valence-electron chi connectivity index (χ4n) is 6.09. The van der Waals surface area contributed by atoms with Crippen molar-refractivity contribution in [3.05, 3.63) is 49.1 Å². The average molecular weight is 515 g/mol. The molecule has 3 aliphatic heterocycles. The summed E-state index contributed by atoms with van der Waals surface area (Å²) in [5, 5.41) is 18.3. The number of ether oxygens (including phenoxy) is 1. The molecule has 3 fully saturated rings. The molecule has 11 heteroatoms. The summed E-state index contributed by atoms with van der Waals surface area (Å²) in [4.78, 5) is 30.7. The Hall–Kier alpha value is -4.33. The minimum Gasteiger partial charge on any atom is -0.494 e. The van der Waals surface area contributed by atoms with E-state index in [1.165, 1.54) is 12.3 Å². The van der Waals surface area contributed by atoms with E-state index in [1.807, 2.05) is 39.1 Å². The summed E-state index contributed by atoms with van der Waals surface area (Å²) >= 11 is 0. The Kier molecular flexibility index (Phi) is 5.82. The number of aromatic nitrogens is 4. The highest BCUT2D eigenvalue weighted by Gasteiger charge is 2.50. The Bertz CT molecular complexity index is 1450. The smallest absolute Gasteiger partial charge is 0.320 e. The number of nitrogens with zero attached hydrogens (tertiary/aromatic N) is 8. The minimum atomic E-state index is -0.0292. The number of rotatable bonds is 4.